The van der Waals surface area contributed by atoms with Gasteiger partial charge in [0.2, 0.25) is 5.91 Å². The van der Waals surface area contributed by atoms with Crippen LogP contribution in [-0.2, 0) is 4.79 Å². The van der Waals surface area contributed by atoms with Crippen molar-refractivity contribution in [2.75, 3.05) is 13.1 Å². The van der Waals surface area contributed by atoms with Crippen LogP contribution < -0.4 is 10.5 Å². The fourth-order valence-electron chi connectivity index (χ4n) is 3.25. The summed E-state index contributed by atoms with van der Waals surface area (Å²) >= 11 is 0. The fourth-order valence-corrected chi connectivity index (χ4v) is 3.25. The van der Waals surface area contributed by atoms with Crippen LogP contribution in [0, 0.1) is 11.7 Å². The van der Waals surface area contributed by atoms with Gasteiger partial charge in [-0.2, -0.15) is 0 Å². The highest BCUT2D eigenvalue weighted by molar-refractivity contribution is 5.94. The highest BCUT2D eigenvalue weighted by atomic mass is 19.1. The summed E-state index contributed by atoms with van der Waals surface area (Å²) in [5, 5.41) is 0. The Hall–Kier alpha value is -2.89. The lowest BCUT2D eigenvalue weighted by Crippen LogP contribution is -2.49. The molecule has 3 rings (SSSR count). The van der Waals surface area contributed by atoms with E-state index in [9.17, 15) is 14.0 Å². The number of primary amides is 1. The van der Waals surface area contributed by atoms with Gasteiger partial charge in [-0.15, -0.1) is 0 Å². The molecule has 0 spiro atoms. The average molecular weight is 356 g/mol. The first-order chi connectivity index (χ1) is 12.5. The minimum atomic E-state index is -0.423. The van der Waals surface area contributed by atoms with Crippen molar-refractivity contribution in [3.63, 3.8) is 0 Å². The standard InChI is InChI=1S/C20H21FN2O3/c21-16-8-6-14(7-9-16)20(25)23-11-10-18(15(13-23)12-19(22)24)26-17-4-2-1-3-5-17/h1-9,15,18H,10-13H2,(H2,22,24)/t15-,18-/m0/s1. The molecule has 2 aromatic rings. The number of likely N-dealkylation sites (tertiary alicyclic amines) is 1. The Bertz CT molecular complexity index is 764. The number of ether oxygens (including phenoxy) is 1. The summed E-state index contributed by atoms with van der Waals surface area (Å²) in [6.45, 7) is 0.875. The van der Waals surface area contributed by atoms with Crippen molar-refractivity contribution < 1.29 is 18.7 Å². The number of nitrogens with zero attached hydrogens (tertiary/aromatic N) is 1. The number of hydrogen-bond acceptors (Lipinski definition) is 3. The maximum atomic E-state index is 13.1. The van der Waals surface area contributed by atoms with E-state index in [1.165, 1.54) is 24.3 Å². The first kappa shape index (κ1) is 17.9. The molecule has 26 heavy (non-hydrogen) atoms. The van der Waals surface area contributed by atoms with Crippen molar-refractivity contribution in [3.8, 4) is 5.75 Å². The normalized spacial score (nSPS) is 19.8. The van der Waals surface area contributed by atoms with Gasteiger partial charge in [-0.1, -0.05) is 18.2 Å². The van der Waals surface area contributed by atoms with Crippen molar-refractivity contribution in [2.24, 2.45) is 11.7 Å². The number of nitrogens with two attached hydrogens (primary N) is 1. The third-order valence-electron chi connectivity index (χ3n) is 4.54. The SMILES string of the molecule is NC(=O)C[C@H]1CN(C(=O)c2ccc(F)cc2)CC[C@@H]1Oc1ccccc1. The monoisotopic (exact) mass is 356 g/mol. The molecule has 1 aliphatic rings. The molecule has 1 aliphatic heterocycles. The van der Waals surface area contributed by atoms with Crippen LogP contribution in [0.5, 0.6) is 5.75 Å². The number of amides is 2. The van der Waals surface area contributed by atoms with E-state index in [-0.39, 0.29) is 30.2 Å². The minimum Gasteiger partial charge on any atom is -0.490 e. The first-order valence-electron chi connectivity index (χ1n) is 8.58. The van der Waals surface area contributed by atoms with E-state index < -0.39 is 5.91 Å². The number of carbonyl (C=O) groups excluding carboxylic acids is 2. The van der Waals surface area contributed by atoms with Crippen LogP contribution in [0.4, 0.5) is 4.39 Å². The topological polar surface area (TPSA) is 72.6 Å². The second kappa shape index (κ2) is 7.99. The molecular weight excluding hydrogens is 335 g/mol. The minimum absolute atomic E-state index is 0.144. The molecule has 0 aromatic heterocycles. The lowest BCUT2D eigenvalue weighted by Gasteiger charge is -2.38. The van der Waals surface area contributed by atoms with Gasteiger partial charge in [0.15, 0.2) is 0 Å². The molecule has 6 heteroatoms. The van der Waals surface area contributed by atoms with Gasteiger partial charge in [0.1, 0.15) is 17.7 Å². The van der Waals surface area contributed by atoms with Gasteiger partial charge in [-0.3, -0.25) is 9.59 Å². The smallest absolute Gasteiger partial charge is 0.253 e. The number of benzene rings is 2. The molecule has 0 unspecified atom stereocenters. The van der Waals surface area contributed by atoms with Gasteiger partial charge in [0.05, 0.1) is 0 Å². The number of halogens is 1. The Balaban J connectivity index is 1.71. The lowest BCUT2D eigenvalue weighted by atomic mass is 9.90. The maximum absolute atomic E-state index is 13.1. The second-order valence-corrected chi connectivity index (χ2v) is 6.45. The number of carbonyl (C=O) groups is 2. The van der Waals surface area contributed by atoms with Crippen LogP contribution in [0.15, 0.2) is 54.6 Å². The Morgan fingerprint density at radius 2 is 1.81 bits per heavy atom. The van der Waals surface area contributed by atoms with Crippen LogP contribution in [-0.4, -0.2) is 35.9 Å². The summed E-state index contributed by atoms with van der Waals surface area (Å²) in [6.07, 6.45) is 0.548. The molecule has 1 saturated heterocycles. The van der Waals surface area contributed by atoms with E-state index in [4.69, 9.17) is 10.5 Å². The van der Waals surface area contributed by atoms with Crippen molar-refractivity contribution in [2.45, 2.75) is 18.9 Å². The molecular formula is C20H21FN2O3. The number of para-hydroxylation sites is 1. The molecule has 0 bridgehead atoms. The third kappa shape index (κ3) is 4.39. The summed E-state index contributed by atoms with van der Waals surface area (Å²) in [6, 6.07) is 14.8. The van der Waals surface area contributed by atoms with E-state index in [0.29, 0.717) is 25.1 Å². The summed E-state index contributed by atoms with van der Waals surface area (Å²) in [5.41, 5.74) is 5.81. The maximum Gasteiger partial charge on any atom is 0.253 e. The van der Waals surface area contributed by atoms with Crippen LogP contribution in [0.3, 0.4) is 0 Å². The first-order valence-corrected chi connectivity index (χ1v) is 8.58. The largest absolute Gasteiger partial charge is 0.490 e. The molecule has 2 N–H and O–H groups in total. The molecule has 2 atom stereocenters. The Kier molecular flexibility index (Phi) is 5.51. The Labute approximate surface area is 151 Å². The van der Waals surface area contributed by atoms with Gasteiger partial charge < -0.3 is 15.4 Å². The zero-order valence-electron chi connectivity index (χ0n) is 14.3. The van der Waals surface area contributed by atoms with Crippen LogP contribution >= 0.6 is 0 Å². The zero-order chi connectivity index (χ0) is 18.5. The second-order valence-electron chi connectivity index (χ2n) is 6.45. The van der Waals surface area contributed by atoms with Crippen LogP contribution in [0.2, 0.25) is 0 Å². The zero-order valence-corrected chi connectivity index (χ0v) is 14.3. The number of rotatable bonds is 5. The molecule has 0 radical (unpaired) electrons. The van der Waals surface area contributed by atoms with Gasteiger partial charge in [-0.05, 0) is 36.4 Å². The molecule has 2 amide bonds. The Morgan fingerprint density at radius 1 is 1.12 bits per heavy atom. The highest BCUT2D eigenvalue weighted by Gasteiger charge is 2.34. The summed E-state index contributed by atoms with van der Waals surface area (Å²) in [5.74, 6) is -0.454. The van der Waals surface area contributed by atoms with E-state index in [1.807, 2.05) is 30.3 Å². The molecule has 5 nitrogen and oxygen atoms in total. The predicted octanol–water partition coefficient (Wildman–Crippen LogP) is 2.61. The summed E-state index contributed by atoms with van der Waals surface area (Å²) < 4.78 is 19.1. The fraction of sp³-hybridized carbons (Fsp3) is 0.300. The molecule has 0 aliphatic carbocycles. The number of piperidine rings is 1. The summed E-state index contributed by atoms with van der Waals surface area (Å²) in [7, 11) is 0. The van der Waals surface area contributed by atoms with Crippen molar-refractivity contribution in [1.29, 1.82) is 0 Å². The van der Waals surface area contributed by atoms with E-state index in [1.54, 1.807) is 4.90 Å². The van der Waals surface area contributed by atoms with Crippen molar-refractivity contribution in [3.05, 3.63) is 66.0 Å². The molecule has 1 heterocycles. The lowest BCUT2D eigenvalue weighted by molar-refractivity contribution is -0.120. The van der Waals surface area contributed by atoms with Gasteiger partial charge in [0.25, 0.3) is 5.91 Å². The van der Waals surface area contributed by atoms with Crippen molar-refractivity contribution in [1.82, 2.24) is 4.90 Å². The molecule has 2 aromatic carbocycles. The van der Waals surface area contributed by atoms with Gasteiger partial charge >= 0.3 is 0 Å². The van der Waals surface area contributed by atoms with Crippen LogP contribution in [0.25, 0.3) is 0 Å². The van der Waals surface area contributed by atoms with Gasteiger partial charge in [-0.25, -0.2) is 4.39 Å². The average Bonchev–Trinajstić information content (AvgIpc) is 2.64. The van der Waals surface area contributed by atoms with E-state index >= 15 is 0 Å². The molecule has 136 valence electrons. The quantitative estimate of drug-likeness (QED) is 0.895. The Morgan fingerprint density at radius 3 is 2.46 bits per heavy atom. The summed E-state index contributed by atoms with van der Waals surface area (Å²) in [4.78, 5) is 25.8. The van der Waals surface area contributed by atoms with Gasteiger partial charge in [0, 0.05) is 37.4 Å². The third-order valence-corrected chi connectivity index (χ3v) is 4.54. The number of hydrogen-bond donors (Lipinski definition) is 1. The molecule has 0 saturated carbocycles. The van der Waals surface area contributed by atoms with Crippen LogP contribution in [0.1, 0.15) is 23.2 Å². The van der Waals surface area contributed by atoms with E-state index in [2.05, 4.69) is 0 Å². The van der Waals surface area contributed by atoms with Crippen molar-refractivity contribution >= 4 is 11.8 Å². The predicted molar refractivity (Wildman–Crippen MR) is 95.1 cm³/mol. The highest BCUT2D eigenvalue weighted by Crippen LogP contribution is 2.26. The molecule has 1 fully saturated rings. The van der Waals surface area contributed by atoms with E-state index in [0.717, 1.165) is 5.75 Å².